The van der Waals surface area contributed by atoms with Crippen molar-refractivity contribution in [3.63, 3.8) is 0 Å². The Hall–Kier alpha value is -3.84. The lowest BCUT2D eigenvalue weighted by atomic mass is 10.0. The number of carbonyl (C=O) groups is 1. The Kier molecular flexibility index (Phi) is 7.02. The lowest BCUT2D eigenvalue weighted by Crippen LogP contribution is -2.21. The summed E-state index contributed by atoms with van der Waals surface area (Å²) < 4.78 is 5.11. The van der Waals surface area contributed by atoms with Gasteiger partial charge in [0.2, 0.25) is 5.78 Å². The highest BCUT2D eigenvalue weighted by Gasteiger charge is 2.12. The number of Topliss-reactive ketones (excluding diaryl/α,β-unsaturated/α-hetero) is 1. The Bertz CT molecular complexity index is 1050. The van der Waals surface area contributed by atoms with E-state index >= 15 is 0 Å². The van der Waals surface area contributed by atoms with Crippen molar-refractivity contribution >= 4 is 17.5 Å². The van der Waals surface area contributed by atoms with Crippen molar-refractivity contribution in [3.05, 3.63) is 101 Å². The summed E-state index contributed by atoms with van der Waals surface area (Å²) in [5, 5.41) is 9.49. The molecule has 3 rings (SSSR count). The second-order valence-electron chi connectivity index (χ2n) is 6.82. The van der Waals surface area contributed by atoms with E-state index in [-0.39, 0.29) is 11.4 Å². The van der Waals surface area contributed by atoms with E-state index in [0.717, 1.165) is 24.3 Å². The zero-order valence-electron chi connectivity index (χ0n) is 17.2. The van der Waals surface area contributed by atoms with Gasteiger partial charge >= 0.3 is 0 Å². The number of allylic oxidation sites excluding steroid dienone is 1. The predicted molar refractivity (Wildman–Crippen MR) is 121 cm³/mol. The fourth-order valence-corrected chi connectivity index (χ4v) is 3.18. The maximum Gasteiger partial charge on any atom is 0.203 e. The van der Waals surface area contributed by atoms with Crippen LogP contribution >= 0.6 is 0 Å². The van der Waals surface area contributed by atoms with Gasteiger partial charge in [-0.25, -0.2) is 0 Å². The van der Waals surface area contributed by atoms with Crippen molar-refractivity contribution < 1.29 is 9.53 Å². The van der Waals surface area contributed by atoms with Crippen molar-refractivity contribution in [2.24, 2.45) is 0 Å². The van der Waals surface area contributed by atoms with Crippen LogP contribution in [0.15, 0.2) is 84.4 Å². The minimum absolute atomic E-state index is 0.101. The smallest absolute Gasteiger partial charge is 0.203 e. The molecule has 150 valence electrons. The summed E-state index contributed by atoms with van der Waals surface area (Å²) in [5.74, 6) is 0.365. The normalized spacial score (nSPS) is 10.9. The molecular weight excluding hydrogens is 372 g/mol. The zero-order chi connectivity index (χ0) is 21.3. The third kappa shape index (κ3) is 5.15. The first kappa shape index (κ1) is 20.9. The Labute approximate surface area is 177 Å². The predicted octanol–water partition coefficient (Wildman–Crippen LogP) is 5.51. The van der Waals surface area contributed by atoms with Crippen LogP contribution in [0.4, 0.5) is 5.69 Å². The number of ketones is 1. The summed E-state index contributed by atoms with van der Waals surface area (Å²) in [7, 11) is 1.57. The molecule has 0 aliphatic carbocycles. The van der Waals surface area contributed by atoms with E-state index in [2.05, 4.69) is 24.0 Å². The summed E-state index contributed by atoms with van der Waals surface area (Å²) in [6.07, 6.45) is 1.63. The third-order valence-electron chi connectivity index (χ3n) is 4.88. The van der Waals surface area contributed by atoms with Gasteiger partial charge in [-0.15, -0.1) is 0 Å². The lowest BCUT2D eigenvalue weighted by Gasteiger charge is -2.23. The molecule has 0 amide bonds. The maximum atomic E-state index is 12.7. The molecule has 0 heterocycles. The second-order valence-corrected chi connectivity index (χ2v) is 6.82. The minimum Gasteiger partial charge on any atom is -0.497 e. The number of nitrogens with zero attached hydrogens (tertiary/aromatic N) is 2. The minimum atomic E-state index is -0.302. The van der Waals surface area contributed by atoms with Crippen LogP contribution in [-0.4, -0.2) is 19.4 Å². The molecule has 0 unspecified atom stereocenters. The summed E-state index contributed by atoms with van der Waals surface area (Å²) in [6, 6.07) is 27.0. The van der Waals surface area contributed by atoms with Crippen LogP contribution in [-0.2, 0) is 6.54 Å². The van der Waals surface area contributed by atoms with Gasteiger partial charge in [0, 0.05) is 24.3 Å². The molecule has 0 atom stereocenters. The molecule has 30 heavy (non-hydrogen) atoms. The highest BCUT2D eigenvalue weighted by molar-refractivity contribution is 6.14. The monoisotopic (exact) mass is 396 g/mol. The highest BCUT2D eigenvalue weighted by atomic mass is 16.5. The first-order valence-electron chi connectivity index (χ1n) is 9.84. The molecule has 3 aromatic rings. The maximum absolute atomic E-state index is 12.7. The van der Waals surface area contributed by atoms with Crippen molar-refractivity contribution in [3.8, 4) is 11.8 Å². The molecule has 0 saturated heterocycles. The summed E-state index contributed by atoms with van der Waals surface area (Å²) in [6.45, 7) is 3.83. The van der Waals surface area contributed by atoms with E-state index < -0.39 is 0 Å². The van der Waals surface area contributed by atoms with Crippen LogP contribution in [0.5, 0.6) is 5.75 Å². The van der Waals surface area contributed by atoms with Crippen LogP contribution in [0.1, 0.15) is 28.4 Å². The van der Waals surface area contributed by atoms with Gasteiger partial charge in [-0.3, -0.25) is 4.79 Å². The molecular formula is C26H24N2O2. The van der Waals surface area contributed by atoms with Gasteiger partial charge in [-0.2, -0.15) is 5.26 Å². The van der Waals surface area contributed by atoms with Crippen LogP contribution < -0.4 is 9.64 Å². The van der Waals surface area contributed by atoms with Crippen molar-refractivity contribution in [1.29, 1.82) is 5.26 Å². The number of hydrogen-bond acceptors (Lipinski definition) is 4. The number of ether oxygens (including phenoxy) is 1. The molecule has 0 aromatic heterocycles. The molecule has 0 aliphatic heterocycles. The third-order valence-corrected chi connectivity index (χ3v) is 4.88. The average molecular weight is 396 g/mol. The average Bonchev–Trinajstić information content (AvgIpc) is 2.81. The van der Waals surface area contributed by atoms with E-state index in [4.69, 9.17) is 4.74 Å². The van der Waals surface area contributed by atoms with Gasteiger partial charge in [0.05, 0.1) is 7.11 Å². The molecule has 0 aliphatic rings. The van der Waals surface area contributed by atoms with Gasteiger partial charge in [0.25, 0.3) is 0 Å². The van der Waals surface area contributed by atoms with Crippen molar-refractivity contribution in [2.45, 2.75) is 13.5 Å². The van der Waals surface area contributed by atoms with Crippen LogP contribution in [0, 0.1) is 11.3 Å². The Morgan fingerprint density at radius 2 is 1.67 bits per heavy atom. The topological polar surface area (TPSA) is 53.3 Å². The highest BCUT2D eigenvalue weighted by Crippen LogP contribution is 2.21. The fourth-order valence-electron chi connectivity index (χ4n) is 3.18. The van der Waals surface area contributed by atoms with Crippen LogP contribution in [0.25, 0.3) is 6.08 Å². The summed E-state index contributed by atoms with van der Waals surface area (Å²) >= 11 is 0. The second kappa shape index (κ2) is 10.1. The molecule has 0 N–H and O–H groups in total. The molecule has 0 spiro atoms. The molecule has 4 nitrogen and oxygen atoms in total. The van der Waals surface area contributed by atoms with Crippen LogP contribution in [0.3, 0.4) is 0 Å². The number of nitriles is 1. The SMILES string of the molecule is CCN(Cc1ccccc1)c1ccc(/C=C(\C#N)C(=O)c2ccc(OC)cc2)cc1. The van der Waals surface area contributed by atoms with Gasteiger partial charge in [-0.05, 0) is 60.5 Å². The number of rotatable bonds is 8. The van der Waals surface area contributed by atoms with Crippen molar-refractivity contribution in [2.75, 3.05) is 18.6 Å². The lowest BCUT2D eigenvalue weighted by molar-refractivity contribution is 0.104. The number of benzene rings is 3. The van der Waals surface area contributed by atoms with E-state index in [9.17, 15) is 10.1 Å². The molecule has 0 radical (unpaired) electrons. The molecule has 0 fully saturated rings. The first-order valence-corrected chi connectivity index (χ1v) is 9.84. The largest absolute Gasteiger partial charge is 0.497 e. The summed E-state index contributed by atoms with van der Waals surface area (Å²) in [4.78, 5) is 14.9. The number of anilines is 1. The van der Waals surface area contributed by atoms with Crippen LogP contribution in [0.2, 0.25) is 0 Å². The quantitative estimate of drug-likeness (QED) is 0.286. The molecule has 0 bridgehead atoms. The van der Waals surface area contributed by atoms with E-state index in [1.54, 1.807) is 37.5 Å². The Morgan fingerprint density at radius 3 is 2.23 bits per heavy atom. The Morgan fingerprint density at radius 1 is 1.00 bits per heavy atom. The number of hydrogen-bond donors (Lipinski definition) is 0. The summed E-state index contributed by atoms with van der Waals surface area (Å²) in [5.41, 5.74) is 3.72. The van der Waals surface area contributed by atoms with Gasteiger partial charge in [0.1, 0.15) is 17.4 Å². The standard InChI is InChI=1S/C26H24N2O2/c1-3-28(19-21-7-5-4-6-8-21)24-13-9-20(10-14-24)17-23(18-27)26(29)22-11-15-25(30-2)16-12-22/h4-17H,3,19H2,1-2H3/b23-17+. The van der Waals surface area contributed by atoms with Crippen molar-refractivity contribution in [1.82, 2.24) is 0 Å². The van der Waals surface area contributed by atoms with E-state index in [0.29, 0.717) is 11.3 Å². The van der Waals surface area contributed by atoms with E-state index in [1.807, 2.05) is 48.5 Å². The fraction of sp³-hybridized carbons (Fsp3) is 0.154. The van der Waals surface area contributed by atoms with Gasteiger partial charge in [-0.1, -0.05) is 42.5 Å². The number of methoxy groups -OCH3 is 1. The first-order chi connectivity index (χ1) is 14.6. The molecule has 0 saturated carbocycles. The zero-order valence-corrected chi connectivity index (χ0v) is 17.2. The van der Waals surface area contributed by atoms with E-state index in [1.165, 1.54) is 5.56 Å². The number of carbonyl (C=O) groups excluding carboxylic acids is 1. The Balaban J connectivity index is 1.77. The molecule has 4 heteroatoms. The molecule has 3 aromatic carbocycles. The van der Waals surface area contributed by atoms with Gasteiger partial charge in [0.15, 0.2) is 0 Å². The van der Waals surface area contributed by atoms with Gasteiger partial charge < -0.3 is 9.64 Å².